The molecule has 160 valence electrons. The highest BCUT2D eigenvalue weighted by Crippen LogP contribution is 2.32. The highest BCUT2D eigenvalue weighted by atomic mass is 15.2. The second-order valence-electron chi connectivity index (χ2n) is 8.90. The van der Waals surface area contributed by atoms with Gasteiger partial charge in [-0.3, -0.25) is 14.5 Å². The molecule has 1 N–H and O–H groups in total. The van der Waals surface area contributed by atoms with Crippen molar-refractivity contribution in [3.05, 3.63) is 72.7 Å². The number of nitrogens with zero attached hydrogens (tertiary/aromatic N) is 5. The van der Waals surface area contributed by atoms with Gasteiger partial charge in [-0.15, -0.1) is 10.2 Å². The van der Waals surface area contributed by atoms with E-state index in [0.29, 0.717) is 6.04 Å². The van der Waals surface area contributed by atoms with Crippen LogP contribution in [0.3, 0.4) is 0 Å². The van der Waals surface area contributed by atoms with Crippen LogP contribution >= 0.6 is 0 Å². The van der Waals surface area contributed by atoms with Gasteiger partial charge in [0, 0.05) is 47.8 Å². The summed E-state index contributed by atoms with van der Waals surface area (Å²) in [5.74, 6) is 0.828. The van der Waals surface area contributed by atoms with Crippen molar-refractivity contribution in [2.75, 3.05) is 7.05 Å². The predicted molar refractivity (Wildman–Crippen MR) is 123 cm³/mol. The predicted octanol–water partition coefficient (Wildman–Crippen LogP) is 4.77. The first kappa shape index (κ1) is 19.9. The molecule has 1 fully saturated rings. The van der Waals surface area contributed by atoms with Crippen LogP contribution in [-0.2, 0) is 13.0 Å². The Bertz CT molecular complexity index is 1090. The number of hydrogen-bond donors (Lipinski definition) is 1. The molecule has 0 atom stereocenters. The summed E-state index contributed by atoms with van der Waals surface area (Å²) >= 11 is 0. The molecule has 31 heavy (non-hydrogen) atoms. The molecular formula is C25H30N6. The maximum atomic E-state index is 4.25. The average Bonchev–Trinajstić information content (AvgIpc) is 3.48. The van der Waals surface area contributed by atoms with Crippen molar-refractivity contribution in [2.24, 2.45) is 5.92 Å². The maximum Gasteiger partial charge on any atom is 0.123 e. The van der Waals surface area contributed by atoms with Crippen LogP contribution in [0.1, 0.15) is 43.2 Å². The van der Waals surface area contributed by atoms with Crippen LogP contribution in [0.25, 0.3) is 16.6 Å². The minimum atomic E-state index is 0.691. The number of hydrogen-bond acceptors (Lipinski definition) is 4. The van der Waals surface area contributed by atoms with Gasteiger partial charge in [0.1, 0.15) is 12.7 Å². The van der Waals surface area contributed by atoms with Crippen molar-refractivity contribution in [3.8, 4) is 5.69 Å². The van der Waals surface area contributed by atoms with Crippen LogP contribution in [0.15, 0.2) is 61.6 Å². The molecule has 1 aliphatic rings. The number of rotatable bonds is 7. The Morgan fingerprint density at radius 3 is 2.71 bits per heavy atom. The van der Waals surface area contributed by atoms with Crippen LogP contribution in [0.2, 0.25) is 0 Å². The highest BCUT2D eigenvalue weighted by molar-refractivity contribution is 5.85. The Kier molecular flexibility index (Phi) is 5.80. The molecule has 6 heteroatoms. The zero-order valence-electron chi connectivity index (χ0n) is 18.1. The Morgan fingerprint density at radius 1 is 1.10 bits per heavy atom. The largest absolute Gasteiger partial charge is 0.361 e. The molecule has 0 bridgehead atoms. The van der Waals surface area contributed by atoms with Crippen LogP contribution in [0.4, 0.5) is 0 Å². The van der Waals surface area contributed by atoms with E-state index in [2.05, 4.69) is 62.6 Å². The van der Waals surface area contributed by atoms with E-state index in [4.69, 9.17) is 0 Å². The van der Waals surface area contributed by atoms with Crippen LogP contribution in [-0.4, -0.2) is 42.7 Å². The third-order valence-electron chi connectivity index (χ3n) is 6.88. The topological polar surface area (TPSA) is 62.6 Å². The fourth-order valence-corrected chi connectivity index (χ4v) is 5.01. The zero-order valence-corrected chi connectivity index (χ0v) is 18.1. The number of pyridine rings is 1. The fraction of sp³-hybridized carbons (Fsp3) is 0.400. The van der Waals surface area contributed by atoms with Gasteiger partial charge >= 0.3 is 0 Å². The quantitative estimate of drug-likeness (QED) is 0.473. The lowest BCUT2D eigenvalue weighted by Gasteiger charge is -2.34. The molecular weight excluding hydrogens is 384 g/mol. The molecule has 3 heterocycles. The van der Waals surface area contributed by atoms with Crippen molar-refractivity contribution >= 4 is 10.9 Å². The molecule has 1 saturated carbocycles. The molecule has 0 radical (unpaired) electrons. The van der Waals surface area contributed by atoms with E-state index < -0.39 is 0 Å². The molecule has 4 aromatic rings. The lowest BCUT2D eigenvalue weighted by atomic mass is 9.82. The first-order valence-electron chi connectivity index (χ1n) is 11.3. The number of H-pyrrole nitrogens is 1. The number of aromatic nitrogens is 5. The summed E-state index contributed by atoms with van der Waals surface area (Å²) in [7, 11) is 2.26. The van der Waals surface area contributed by atoms with Gasteiger partial charge in [-0.1, -0.05) is 6.07 Å². The van der Waals surface area contributed by atoms with E-state index in [9.17, 15) is 0 Å². The monoisotopic (exact) mass is 414 g/mol. The number of aryl methyl sites for hydroxylation is 1. The smallest absolute Gasteiger partial charge is 0.123 e. The van der Waals surface area contributed by atoms with Crippen molar-refractivity contribution in [1.82, 2.24) is 29.6 Å². The van der Waals surface area contributed by atoms with Crippen molar-refractivity contribution in [3.63, 3.8) is 0 Å². The lowest BCUT2D eigenvalue weighted by molar-refractivity contribution is 0.156. The highest BCUT2D eigenvalue weighted by Gasteiger charge is 2.24. The molecule has 0 aliphatic heterocycles. The molecule has 0 amide bonds. The van der Waals surface area contributed by atoms with E-state index in [1.807, 2.05) is 23.0 Å². The van der Waals surface area contributed by atoms with Gasteiger partial charge in [0.05, 0.1) is 0 Å². The van der Waals surface area contributed by atoms with E-state index in [1.54, 1.807) is 12.7 Å². The maximum absolute atomic E-state index is 4.25. The van der Waals surface area contributed by atoms with Gasteiger partial charge in [0.25, 0.3) is 0 Å². The molecule has 6 nitrogen and oxygen atoms in total. The lowest BCUT2D eigenvalue weighted by Crippen LogP contribution is -2.34. The Labute approximate surface area is 183 Å². The molecule has 3 aromatic heterocycles. The second-order valence-corrected chi connectivity index (χ2v) is 8.90. The summed E-state index contributed by atoms with van der Waals surface area (Å²) in [4.78, 5) is 10.2. The zero-order chi connectivity index (χ0) is 21.0. The standard InChI is InChI=1S/C25H30N6/c1-30(16-20-3-2-12-26-14-20)22-8-5-19(6-9-22)4-7-21-15-27-25-11-10-23(13-24(21)25)31-17-28-29-18-31/h2-3,10-15,17-19,22,27H,4-9,16H2,1H3/t19-,22+. The third kappa shape index (κ3) is 4.54. The first-order chi connectivity index (χ1) is 15.3. The normalized spacial score (nSPS) is 19.3. The molecule has 1 aliphatic carbocycles. The Morgan fingerprint density at radius 2 is 1.94 bits per heavy atom. The Hall–Kier alpha value is -2.99. The summed E-state index contributed by atoms with van der Waals surface area (Å²) in [6.45, 7) is 0.993. The summed E-state index contributed by atoms with van der Waals surface area (Å²) in [5.41, 5.74) is 5.03. The van der Waals surface area contributed by atoms with Crippen molar-refractivity contribution in [1.29, 1.82) is 0 Å². The minimum absolute atomic E-state index is 0.691. The van der Waals surface area contributed by atoms with Gasteiger partial charge < -0.3 is 4.98 Å². The average molecular weight is 415 g/mol. The number of benzene rings is 1. The van der Waals surface area contributed by atoms with Crippen LogP contribution in [0.5, 0.6) is 0 Å². The minimum Gasteiger partial charge on any atom is -0.361 e. The second kappa shape index (κ2) is 9.02. The van der Waals surface area contributed by atoms with Crippen molar-refractivity contribution in [2.45, 2.75) is 51.1 Å². The molecule has 5 rings (SSSR count). The fourth-order valence-electron chi connectivity index (χ4n) is 5.01. The van der Waals surface area contributed by atoms with E-state index >= 15 is 0 Å². The summed E-state index contributed by atoms with van der Waals surface area (Å²) in [6.07, 6.45) is 17.2. The van der Waals surface area contributed by atoms with Gasteiger partial charge in [-0.25, -0.2) is 0 Å². The summed E-state index contributed by atoms with van der Waals surface area (Å²) in [6, 6.07) is 11.4. The van der Waals surface area contributed by atoms with Gasteiger partial charge in [0.2, 0.25) is 0 Å². The van der Waals surface area contributed by atoms with Crippen LogP contribution < -0.4 is 0 Å². The molecule has 1 aromatic carbocycles. The van der Waals surface area contributed by atoms with Gasteiger partial charge in [-0.05, 0) is 86.9 Å². The first-order valence-corrected chi connectivity index (χ1v) is 11.3. The van der Waals surface area contributed by atoms with E-state index in [-0.39, 0.29) is 0 Å². The Balaban J connectivity index is 1.16. The molecule has 0 unspecified atom stereocenters. The van der Waals surface area contributed by atoms with E-state index in [0.717, 1.165) is 24.6 Å². The van der Waals surface area contributed by atoms with Gasteiger partial charge in [-0.2, -0.15) is 0 Å². The number of aromatic amines is 1. The number of fused-ring (bicyclic) bond motifs is 1. The summed E-state index contributed by atoms with van der Waals surface area (Å²) < 4.78 is 1.96. The molecule has 0 spiro atoms. The summed E-state index contributed by atoms with van der Waals surface area (Å²) in [5, 5.41) is 9.17. The van der Waals surface area contributed by atoms with Gasteiger partial charge in [0.15, 0.2) is 0 Å². The van der Waals surface area contributed by atoms with E-state index in [1.165, 1.54) is 54.1 Å². The molecule has 0 saturated heterocycles. The SMILES string of the molecule is CN(Cc1cccnc1)[C@H]1CC[C@@H](CCc2c[nH]c3ccc(-n4cnnc4)cc23)CC1. The van der Waals surface area contributed by atoms with Crippen LogP contribution in [0, 0.1) is 5.92 Å². The number of nitrogens with one attached hydrogen (secondary N) is 1. The van der Waals surface area contributed by atoms with Crippen molar-refractivity contribution < 1.29 is 0 Å². The third-order valence-corrected chi connectivity index (χ3v) is 6.88.